The van der Waals surface area contributed by atoms with Crippen molar-refractivity contribution in [2.75, 3.05) is 26.7 Å². The zero-order valence-electron chi connectivity index (χ0n) is 14.8. The molecule has 0 aliphatic carbocycles. The smallest absolute Gasteiger partial charge is 0.0712 e. The number of hydrogen-bond donors (Lipinski definition) is 1. The number of likely N-dealkylation sites (tertiary alicyclic amines) is 1. The van der Waals surface area contributed by atoms with Crippen molar-refractivity contribution in [3.63, 3.8) is 0 Å². The summed E-state index contributed by atoms with van der Waals surface area (Å²) < 4.78 is 0. The van der Waals surface area contributed by atoms with E-state index in [0.717, 1.165) is 24.4 Å². The minimum Gasteiger partial charge on any atom is -0.385 e. The van der Waals surface area contributed by atoms with Crippen molar-refractivity contribution in [2.45, 2.75) is 32.1 Å². The van der Waals surface area contributed by atoms with E-state index in [1.165, 1.54) is 48.3 Å². The van der Waals surface area contributed by atoms with Crippen LogP contribution in [0.5, 0.6) is 0 Å². The second-order valence-corrected chi connectivity index (χ2v) is 7.56. The molecule has 2 aliphatic heterocycles. The number of rotatable bonds is 2. The fourth-order valence-corrected chi connectivity index (χ4v) is 3.81. The Morgan fingerprint density at radius 3 is 2.67 bits per heavy atom. The first-order valence-corrected chi connectivity index (χ1v) is 9.23. The normalized spacial score (nSPS) is 23.1. The Kier molecular flexibility index (Phi) is 4.28. The monoisotopic (exact) mass is 321 g/mol. The molecule has 0 unspecified atom stereocenters. The third kappa shape index (κ3) is 3.18. The van der Waals surface area contributed by atoms with Crippen LogP contribution in [-0.2, 0) is 0 Å². The van der Waals surface area contributed by atoms with Crippen LogP contribution in [0.1, 0.15) is 43.4 Å². The molecule has 1 atom stereocenters. The van der Waals surface area contributed by atoms with Crippen LogP contribution in [0.25, 0.3) is 16.6 Å². The lowest BCUT2D eigenvalue weighted by molar-refractivity contribution is 0.253. The van der Waals surface area contributed by atoms with Crippen molar-refractivity contribution in [1.29, 1.82) is 0 Å². The number of aromatic nitrogens is 1. The number of fused-ring (bicyclic) bond motifs is 1. The van der Waals surface area contributed by atoms with Gasteiger partial charge in [0.15, 0.2) is 0 Å². The van der Waals surface area contributed by atoms with Gasteiger partial charge < -0.3 is 10.2 Å². The van der Waals surface area contributed by atoms with Gasteiger partial charge in [-0.25, -0.2) is 0 Å². The molecule has 126 valence electrons. The average molecular weight is 321 g/mol. The second-order valence-electron chi connectivity index (χ2n) is 7.56. The van der Waals surface area contributed by atoms with Crippen LogP contribution in [0, 0.1) is 5.92 Å². The molecule has 1 saturated heterocycles. The van der Waals surface area contributed by atoms with E-state index >= 15 is 0 Å². The Morgan fingerprint density at radius 2 is 1.92 bits per heavy atom. The van der Waals surface area contributed by atoms with Crippen LogP contribution in [-0.4, -0.2) is 36.6 Å². The minimum absolute atomic E-state index is 0.613. The Balaban J connectivity index is 1.63. The van der Waals surface area contributed by atoms with Crippen LogP contribution in [0.4, 0.5) is 0 Å². The average Bonchev–Trinajstić information content (AvgIpc) is 2.62. The van der Waals surface area contributed by atoms with Crippen molar-refractivity contribution in [3.8, 4) is 0 Å². The highest BCUT2D eigenvalue weighted by Gasteiger charge is 2.19. The van der Waals surface area contributed by atoms with E-state index in [0.29, 0.717) is 5.92 Å². The molecule has 2 aliphatic rings. The summed E-state index contributed by atoms with van der Waals surface area (Å²) in [6.07, 6.45) is 5.93. The summed E-state index contributed by atoms with van der Waals surface area (Å²) in [6, 6.07) is 11.1. The third-order valence-corrected chi connectivity index (χ3v) is 5.53. The van der Waals surface area contributed by atoms with Gasteiger partial charge in [0.25, 0.3) is 0 Å². The van der Waals surface area contributed by atoms with Gasteiger partial charge in [-0.3, -0.25) is 4.98 Å². The van der Waals surface area contributed by atoms with E-state index in [9.17, 15) is 0 Å². The lowest BCUT2D eigenvalue weighted by atomic mass is 9.92. The molecule has 4 rings (SSSR count). The minimum atomic E-state index is 0.613. The van der Waals surface area contributed by atoms with Gasteiger partial charge in [0, 0.05) is 29.2 Å². The molecule has 1 aromatic heterocycles. The first kappa shape index (κ1) is 15.6. The molecule has 1 aromatic carbocycles. The summed E-state index contributed by atoms with van der Waals surface area (Å²) in [5.41, 5.74) is 4.93. The molecular formula is C21H27N3. The molecule has 0 radical (unpaired) electrons. The summed E-state index contributed by atoms with van der Waals surface area (Å²) in [7, 11) is 2.21. The lowest BCUT2D eigenvalue weighted by Gasteiger charge is -2.28. The van der Waals surface area contributed by atoms with Gasteiger partial charge in [0.05, 0.1) is 5.52 Å². The summed E-state index contributed by atoms with van der Waals surface area (Å²) in [5, 5.41) is 4.80. The van der Waals surface area contributed by atoms with E-state index in [2.05, 4.69) is 60.6 Å². The van der Waals surface area contributed by atoms with Crippen molar-refractivity contribution >= 4 is 16.6 Å². The van der Waals surface area contributed by atoms with Gasteiger partial charge in [0.1, 0.15) is 0 Å². The van der Waals surface area contributed by atoms with Crippen molar-refractivity contribution in [2.24, 2.45) is 5.92 Å². The Hall–Kier alpha value is -1.87. The molecule has 0 saturated carbocycles. The highest BCUT2D eigenvalue weighted by molar-refractivity contribution is 5.83. The Morgan fingerprint density at radius 1 is 1.12 bits per heavy atom. The highest BCUT2D eigenvalue weighted by atomic mass is 15.1. The number of hydrogen-bond acceptors (Lipinski definition) is 3. The summed E-state index contributed by atoms with van der Waals surface area (Å²) in [6.45, 7) is 5.71. The number of piperidine rings is 1. The molecule has 0 amide bonds. The molecule has 1 N–H and O–H groups in total. The van der Waals surface area contributed by atoms with Crippen molar-refractivity contribution < 1.29 is 0 Å². The van der Waals surface area contributed by atoms with Gasteiger partial charge in [-0.2, -0.15) is 0 Å². The lowest BCUT2D eigenvalue weighted by Crippen LogP contribution is -2.29. The summed E-state index contributed by atoms with van der Waals surface area (Å²) in [5.74, 6) is 1.34. The van der Waals surface area contributed by atoms with Gasteiger partial charge >= 0.3 is 0 Å². The zero-order valence-corrected chi connectivity index (χ0v) is 14.8. The second kappa shape index (κ2) is 6.56. The zero-order chi connectivity index (χ0) is 16.5. The maximum absolute atomic E-state index is 5.02. The first-order chi connectivity index (χ1) is 11.7. The van der Waals surface area contributed by atoms with E-state index in [-0.39, 0.29) is 0 Å². The number of benzene rings is 1. The van der Waals surface area contributed by atoms with Crippen LogP contribution < -0.4 is 5.32 Å². The van der Waals surface area contributed by atoms with Crippen molar-refractivity contribution in [1.82, 2.24) is 15.2 Å². The van der Waals surface area contributed by atoms with Gasteiger partial charge in [-0.05, 0) is 63.0 Å². The van der Waals surface area contributed by atoms with Crippen LogP contribution >= 0.6 is 0 Å². The molecule has 3 heteroatoms. The molecule has 2 aromatic rings. The van der Waals surface area contributed by atoms with Gasteiger partial charge in [-0.1, -0.05) is 31.2 Å². The first-order valence-electron chi connectivity index (χ1n) is 9.23. The molecule has 3 nitrogen and oxygen atoms in total. The summed E-state index contributed by atoms with van der Waals surface area (Å²) in [4.78, 5) is 7.44. The van der Waals surface area contributed by atoms with E-state index in [1.54, 1.807) is 0 Å². The standard InChI is InChI=1S/C21H27N3/c1-15-3-7-19(22-14-15)18-5-4-16-6-8-20(23-21(16)13-18)17-9-11-24(2)12-10-17/h4-8,13,15,17,22H,3,9-12,14H2,1-2H3/t15-/m0/s1. The van der Waals surface area contributed by atoms with Gasteiger partial charge in [0.2, 0.25) is 0 Å². The number of pyridine rings is 1. The molecule has 3 heterocycles. The number of allylic oxidation sites excluding steroid dienone is 1. The highest BCUT2D eigenvalue weighted by Crippen LogP contribution is 2.29. The van der Waals surface area contributed by atoms with Gasteiger partial charge in [-0.15, -0.1) is 0 Å². The largest absolute Gasteiger partial charge is 0.385 e. The fourth-order valence-electron chi connectivity index (χ4n) is 3.81. The van der Waals surface area contributed by atoms with Crippen LogP contribution in [0.3, 0.4) is 0 Å². The Bertz CT molecular complexity index is 757. The summed E-state index contributed by atoms with van der Waals surface area (Å²) >= 11 is 0. The van der Waals surface area contributed by atoms with Crippen molar-refractivity contribution in [3.05, 3.63) is 47.7 Å². The molecule has 24 heavy (non-hydrogen) atoms. The molecular weight excluding hydrogens is 294 g/mol. The molecule has 0 bridgehead atoms. The topological polar surface area (TPSA) is 28.2 Å². The van der Waals surface area contributed by atoms with E-state index in [4.69, 9.17) is 4.98 Å². The predicted molar refractivity (Wildman–Crippen MR) is 101 cm³/mol. The van der Waals surface area contributed by atoms with E-state index < -0.39 is 0 Å². The number of nitrogens with zero attached hydrogens (tertiary/aromatic N) is 2. The van der Waals surface area contributed by atoms with Crippen LogP contribution in [0.2, 0.25) is 0 Å². The number of nitrogens with one attached hydrogen (secondary N) is 1. The molecule has 0 spiro atoms. The SMILES string of the molecule is C[C@H]1CC=C(c2ccc3ccc(C4CCN(C)CC4)nc3c2)NC1. The fraction of sp³-hybridized carbons (Fsp3) is 0.476. The third-order valence-electron chi connectivity index (χ3n) is 5.53. The predicted octanol–water partition coefficient (Wildman–Crippen LogP) is 4.01. The van der Waals surface area contributed by atoms with E-state index in [1.807, 2.05) is 0 Å². The van der Waals surface area contributed by atoms with Crippen LogP contribution in [0.15, 0.2) is 36.4 Å². The maximum atomic E-state index is 5.02. The Labute approximate surface area is 144 Å². The maximum Gasteiger partial charge on any atom is 0.0712 e. The quantitative estimate of drug-likeness (QED) is 0.906. The molecule has 1 fully saturated rings.